The highest BCUT2D eigenvalue weighted by Crippen LogP contribution is 2.22. The first-order valence-corrected chi connectivity index (χ1v) is 8.32. The second-order valence-electron chi connectivity index (χ2n) is 6.32. The Morgan fingerprint density at radius 1 is 1.38 bits per heavy atom. The molecule has 2 unspecified atom stereocenters. The molecule has 4 nitrogen and oxygen atoms in total. The lowest BCUT2D eigenvalue weighted by Gasteiger charge is -2.24. The molecule has 1 rings (SSSR count). The maximum absolute atomic E-state index is 11.7. The lowest BCUT2D eigenvalue weighted by atomic mass is 10.1. The molecule has 0 aromatic carbocycles. The number of hydrogen-bond donors (Lipinski definition) is 2. The fraction of sp³-hybridized carbons (Fsp3) is 0.688. The highest BCUT2D eigenvalue weighted by molar-refractivity contribution is 7.12. The first kappa shape index (κ1) is 18.0. The second-order valence-corrected chi connectivity index (χ2v) is 7.64. The van der Waals surface area contributed by atoms with Crippen LogP contribution in [-0.2, 0) is 4.74 Å². The van der Waals surface area contributed by atoms with Crippen molar-refractivity contribution in [1.29, 1.82) is 0 Å². The van der Waals surface area contributed by atoms with E-state index in [0.29, 0.717) is 6.54 Å². The zero-order valence-electron chi connectivity index (χ0n) is 13.9. The fourth-order valence-electron chi connectivity index (χ4n) is 1.96. The van der Waals surface area contributed by atoms with Gasteiger partial charge in [-0.1, -0.05) is 6.92 Å². The van der Waals surface area contributed by atoms with Crippen LogP contribution in [0.3, 0.4) is 0 Å². The molecule has 120 valence electrons. The molecule has 0 aliphatic rings. The van der Waals surface area contributed by atoms with Gasteiger partial charge in [-0.3, -0.25) is 0 Å². The predicted molar refractivity (Wildman–Crippen MR) is 88.9 cm³/mol. The molecule has 1 aromatic heterocycles. The Hall–Kier alpha value is -1.07. The summed E-state index contributed by atoms with van der Waals surface area (Å²) in [5, 5.41) is 6.39. The van der Waals surface area contributed by atoms with Crippen LogP contribution in [0.2, 0.25) is 0 Å². The summed E-state index contributed by atoms with van der Waals surface area (Å²) in [6, 6.07) is 4.81. The number of aryl methyl sites for hydroxylation is 1. The molecule has 2 N–H and O–H groups in total. The third-order valence-electron chi connectivity index (χ3n) is 3.06. The third kappa shape index (κ3) is 6.96. The van der Waals surface area contributed by atoms with Gasteiger partial charge in [-0.2, -0.15) is 0 Å². The molecule has 2 atom stereocenters. The molecule has 0 fully saturated rings. The number of carbonyl (C=O) groups excluding carboxylic acids is 1. The van der Waals surface area contributed by atoms with Crippen molar-refractivity contribution in [2.24, 2.45) is 0 Å². The van der Waals surface area contributed by atoms with Crippen LogP contribution in [0.25, 0.3) is 0 Å². The van der Waals surface area contributed by atoms with Gasteiger partial charge in [0.2, 0.25) is 0 Å². The van der Waals surface area contributed by atoms with E-state index in [2.05, 4.69) is 43.5 Å². The van der Waals surface area contributed by atoms with Gasteiger partial charge in [0.05, 0.1) is 0 Å². The molecule has 1 aromatic rings. The number of alkyl carbamates (subject to hydrolysis) is 1. The minimum Gasteiger partial charge on any atom is -0.444 e. The van der Waals surface area contributed by atoms with E-state index in [0.717, 1.165) is 6.42 Å². The average molecular weight is 312 g/mol. The van der Waals surface area contributed by atoms with Gasteiger partial charge in [0, 0.05) is 28.4 Å². The standard InChI is InChI=1S/C16H28N2O2S/c1-7-13(10-17-15(19)20-16(4,5)6)18-12(3)14-9-8-11(2)21-14/h8-9,12-13,18H,7,10H2,1-6H3,(H,17,19). The molecule has 0 bridgehead atoms. The molecule has 1 amide bonds. The van der Waals surface area contributed by atoms with Crippen LogP contribution in [0, 0.1) is 6.92 Å². The molecule has 1 heterocycles. The molecular weight excluding hydrogens is 284 g/mol. The highest BCUT2D eigenvalue weighted by Gasteiger charge is 2.18. The second kappa shape index (κ2) is 7.80. The van der Waals surface area contributed by atoms with Crippen LogP contribution >= 0.6 is 11.3 Å². The zero-order valence-corrected chi connectivity index (χ0v) is 14.8. The number of hydrogen-bond acceptors (Lipinski definition) is 4. The zero-order chi connectivity index (χ0) is 16.0. The molecule has 5 heteroatoms. The van der Waals surface area contributed by atoms with Crippen molar-refractivity contribution in [2.45, 2.75) is 65.6 Å². The van der Waals surface area contributed by atoms with Crippen LogP contribution in [0.1, 0.15) is 56.8 Å². The number of thiophene rings is 1. The van der Waals surface area contributed by atoms with E-state index < -0.39 is 5.60 Å². The van der Waals surface area contributed by atoms with Gasteiger partial charge in [-0.05, 0) is 53.2 Å². The van der Waals surface area contributed by atoms with Crippen molar-refractivity contribution >= 4 is 17.4 Å². The summed E-state index contributed by atoms with van der Waals surface area (Å²) in [7, 11) is 0. The molecular formula is C16H28N2O2S. The average Bonchev–Trinajstić information content (AvgIpc) is 2.79. The fourth-order valence-corrected chi connectivity index (χ4v) is 2.85. The van der Waals surface area contributed by atoms with E-state index in [1.54, 1.807) is 11.3 Å². The van der Waals surface area contributed by atoms with Crippen LogP contribution in [0.4, 0.5) is 4.79 Å². The van der Waals surface area contributed by atoms with E-state index in [1.807, 2.05) is 20.8 Å². The largest absolute Gasteiger partial charge is 0.444 e. The monoisotopic (exact) mass is 312 g/mol. The molecule has 0 aliphatic heterocycles. The van der Waals surface area contributed by atoms with Gasteiger partial charge >= 0.3 is 6.09 Å². The minimum absolute atomic E-state index is 0.231. The predicted octanol–water partition coefficient (Wildman–Crippen LogP) is 4.01. The van der Waals surface area contributed by atoms with Gasteiger partial charge in [-0.25, -0.2) is 4.79 Å². The van der Waals surface area contributed by atoms with Crippen molar-refractivity contribution in [3.8, 4) is 0 Å². The van der Waals surface area contributed by atoms with Crippen LogP contribution in [0.5, 0.6) is 0 Å². The highest BCUT2D eigenvalue weighted by atomic mass is 32.1. The lowest BCUT2D eigenvalue weighted by Crippen LogP contribution is -2.43. The number of rotatable bonds is 6. The summed E-state index contributed by atoms with van der Waals surface area (Å²) in [5.74, 6) is 0. The van der Waals surface area contributed by atoms with Gasteiger partial charge in [-0.15, -0.1) is 11.3 Å². The summed E-state index contributed by atoms with van der Waals surface area (Å²) < 4.78 is 5.25. The van der Waals surface area contributed by atoms with Crippen molar-refractivity contribution in [3.05, 3.63) is 21.9 Å². The smallest absolute Gasteiger partial charge is 0.407 e. The summed E-state index contributed by atoms with van der Waals surface area (Å²) in [4.78, 5) is 14.3. The Labute approximate surface area is 132 Å². The first-order chi connectivity index (χ1) is 9.71. The molecule has 0 spiro atoms. The van der Waals surface area contributed by atoms with Crippen molar-refractivity contribution in [2.75, 3.05) is 6.54 Å². The van der Waals surface area contributed by atoms with Gasteiger partial charge in [0.25, 0.3) is 0 Å². The van der Waals surface area contributed by atoms with Crippen LogP contribution in [0.15, 0.2) is 12.1 Å². The SMILES string of the molecule is CCC(CNC(=O)OC(C)(C)C)NC(C)c1ccc(C)s1. The Morgan fingerprint density at radius 2 is 2.05 bits per heavy atom. The van der Waals surface area contributed by atoms with Crippen molar-refractivity contribution < 1.29 is 9.53 Å². The van der Waals surface area contributed by atoms with Crippen LogP contribution in [-0.4, -0.2) is 24.3 Å². The normalized spacial score (nSPS) is 14.6. The number of amides is 1. The molecule has 21 heavy (non-hydrogen) atoms. The minimum atomic E-state index is -0.457. The molecule has 0 radical (unpaired) electrons. The summed E-state index contributed by atoms with van der Waals surface area (Å²) in [6.45, 7) is 12.5. The van der Waals surface area contributed by atoms with E-state index >= 15 is 0 Å². The summed E-state index contributed by atoms with van der Waals surface area (Å²) >= 11 is 1.81. The third-order valence-corrected chi connectivity index (χ3v) is 4.24. The Morgan fingerprint density at radius 3 is 2.52 bits per heavy atom. The number of carbonyl (C=O) groups is 1. The number of nitrogens with one attached hydrogen (secondary N) is 2. The topological polar surface area (TPSA) is 50.4 Å². The molecule has 0 saturated carbocycles. The van der Waals surface area contributed by atoms with E-state index in [4.69, 9.17) is 4.74 Å². The van der Waals surface area contributed by atoms with E-state index in [-0.39, 0.29) is 18.2 Å². The van der Waals surface area contributed by atoms with Gasteiger partial charge in [0.1, 0.15) is 5.60 Å². The van der Waals surface area contributed by atoms with Crippen LogP contribution < -0.4 is 10.6 Å². The van der Waals surface area contributed by atoms with E-state index in [9.17, 15) is 4.79 Å². The molecule has 0 aliphatic carbocycles. The van der Waals surface area contributed by atoms with Gasteiger partial charge < -0.3 is 15.4 Å². The maximum atomic E-state index is 11.7. The van der Waals surface area contributed by atoms with Crippen molar-refractivity contribution in [3.63, 3.8) is 0 Å². The summed E-state index contributed by atoms with van der Waals surface area (Å²) in [6.07, 6.45) is 0.590. The van der Waals surface area contributed by atoms with Crippen molar-refractivity contribution in [1.82, 2.24) is 10.6 Å². The Kier molecular flexibility index (Phi) is 6.68. The van der Waals surface area contributed by atoms with E-state index in [1.165, 1.54) is 9.75 Å². The molecule has 0 saturated heterocycles. The summed E-state index contributed by atoms with van der Waals surface area (Å²) in [5.41, 5.74) is -0.457. The Balaban J connectivity index is 2.43. The lowest BCUT2D eigenvalue weighted by molar-refractivity contribution is 0.0521. The number of ether oxygens (including phenoxy) is 1. The quantitative estimate of drug-likeness (QED) is 0.834. The Bertz CT molecular complexity index is 451. The maximum Gasteiger partial charge on any atom is 0.407 e. The van der Waals surface area contributed by atoms with Gasteiger partial charge in [0.15, 0.2) is 0 Å². The first-order valence-electron chi connectivity index (χ1n) is 7.50.